The molecular formula is C20H19ClN4O7S. The quantitative estimate of drug-likeness (QED) is 0.286. The average Bonchev–Trinajstić information content (AvgIpc) is 3.46. The molecule has 174 valence electrons. The van der Waals surface area contributed by atoms with Crippen LogP contribution in [0.2, 0.25) is 5.15 Å². The van der Waals surface area contributed by atoms with Crippen molar-refractivity contribution >= 4 is 52.0 Å². The van der Waals surface area contributed by atoms with E-state index < -0.39 is 42.4 Å². The Kier molecular flexibility index (Phi) is 6.58. The van der Waals surface area contributed by atoms with E-state index in [-0.39, 0.29) is 11.8 Å². The molecule has 0 bridgehead atoms. The van der Waals surface area contributed by atoms with Crippen LogP contribution in [-0.2, 0) is 33.3 Å². The van der Waals surface area contributed by atoms with Gasteiger partial charge in [-0.25, -0.2) is 15.0 Å². The van der Waals surface area contributed by atoms with E-state index in [0.29, 0.717) is 17.0 Å². The lowest BCUT2D eigenvalue weighted by atomic mass is 10.1. The highest BCUT2D eigenvalue weighted by Crippen LogP contribution is 2.37. The fourth-order valence-electron chi connectivity index (χ4n) is 3.50. The van der Waals surface area contributed by atoms with Gasteiger partial charge in [0.25, 0.3) is 0 Å². The van der Waals surface area contributed by atoms with Crippen LogP contribution in [0.1, 0.15) is 27.0 Å². The number of esters is 3. The third-order valence-corrected chi connectivity index (χ3v) is 5.86. The lowest BCUT2D eigenvalue weighted by molar-refractivity contribution is -0.166. The summed E-state index contributed by atoms with van der Waals surface area (Å²) in [5.41, 5.74) is 0.643. The summed E-state index contributed by atoms with van der Waals surface area (Å²) in [6, 6.07) is 3.71. The Labute approximate surface area is 196 Å². The molecule has 13 heteroatoms. The molecule has 0 radical (unpaired) electrons. The van der Waals surface area contributed by atoms with Gasteiger partial charge in [-0.1, -0.05) is 17.7 Å². The number of thiophene rings is 1. The summed E-state index contributed by atoms with van der Waals surface area (Å²) >= 11 is 7.80. The van der Waals surface area contributed by atoms with E-state index in [1.165, 1.54) is 43.0 Å². The maximum atomic E-state index is 11.9. The number of nitrogens with zero attached hydrogens (tertiary/aromatic N) is 4. The number of carbonyl (C=O) groups excluding carboxylic acids is 3. The van der Waals surface area contributed by atoms with Crippen LogP contribution in [0.3, 0.4) is 0 Å². The molecule has 1 aliphatic heterocycles. The zero-order valence-electron chi connectivity index (χ0n) is 17.8. The van der Waals surface area contributed by atoms with Crippen LogP contribution >= 0.6 is 22.9 Å². The van der Waals surface area contributed by atoms with Crippen LogP contribution in [0.25, 0.3) is 21.9 Å². The van der Waals surface area contributed by atoms with Gasteiger partial charge in [0.1, 0.15) is 18.2 Å². The minimum atomic E-state index is -1.07. The van der Waals surface area contributed by atoms with Gasteiger partial charge in [0.15, 0.2) is 35.1 Å². The van der Waals surface area contributed by atoms with Crippen LogP contribution in [0.4, 0.5) is 0 Å². The molecule has 11 nitrogen and oxygen atoms in total. The Balaban J connectivity index is 1.78. The third kappa shape index (κ3) is 4.82. The molecule has 0 aliphatic carbocycles. The van der Waals surface area contributed by atoms with E-state index in [1.54, 1.807) is 0 Å². The summed E-state index contributed by atoms with van der Waals surface area (Å²) in [5.74, 6) is -1.38. The van der Waals surface area contributed by atoms with Crippen LogP contribution < -0.4 is 0 Å². The molecule has 0 N–H and O–H groups in total. The van der Waals surface area contributed by atoms with E-state index in [9.17, 15) is 14.4 Å². The van der Waals surface area contributed by atoms with Crippen molar-refractivity contribution < 1.29 is 33.3 Å². The molecule has 0 aromatic carbocycles. The van der Waals surface area contributed by atoms with Crippen molar-refractivity contribution in [1.82, 2.24) is 19.5 Å². The normalized spacial score (nSPS) is 22.3. The summed E-state index contributed by atoms with van der Waals surface area (Å²) < 4.78 is 23.5. The van der Waals surface area contributed by atoms with Gasteiger partial charge in [0.05, 0.1) is 11.2 Å². The smallest absolute Gasteiger partial charge is 0.303 e. The van der Waals surface area contributed by atoms with Gasteiger partial charge in [-0.15, -0.1) is 11.3 Å². The molecule has 0 saturated carbocycles. The Morgan fingerprint density at radius 2 is 1.85 bits per heavy atom. The number of ether oxygens (including phenoxy) is 4. The summed E-state index contributed by atoms with van der Waals surface area (Å²) in [4.78, 5) is 48.9. The van der Waals surface area contributed by atoms with E-state index in [4.69, 9.17) is 30.5 Å². The Bertz CT molecular complexity index is 1200. The SMILES string of the molecule is CC(=O)OC[C@H]1O[C@@H](n2cnc3c(Cl)nc(-c4cccs4)nc32)[C@H](OC(C)=O)[C@@H]1OC(C)=O. The van der Waals surface area contributed by atoms with E-state index in [0.717, 1.165) is 4.88 Å². The van der Waals surface area contributed by atoms with Crippen molar-refractivity contribution in [2.45, 2.75) is 45.3 Å². The highest BCUT2D eigenvalue weighted by Gasteiger charge is 2.51. The molecule has 0 spiro atoms. The molecule has 4 heterocycles. The summed E-state index contributed by atoms with van der Waals surface area (Å²) in [5, 5.41) is 2.02. The molecule has 4 atom stereocenters. The molecule has 1 fully saturated rings. The molecule has 1 aliphatic rings. The predicted molar refractivity (Wildman–Crippen MR) is 115 cm³/mol. The first-order valence-electron chi connectivity index (χ1n) is 9.81. The molecule has 3 aromatic rings. The zero-order chi connectivity index (χ0) is 23.7. The summed E-state index contributed by atoms with van der Waals surface area (Å²) in [7, 11) is 0. The fourth-order valence-corrected chi connectivity index (χ4v) is 4.37. The predicted octanol–water partition coefficient (Wildman–Crippen LogP) is 2.53. The minimum absolute atomic E-state index is 0.136. The van der Waals surface area contributed by atoms with Crippen molar-refractivity contribution in [2.24, 2.45) is 0 Å². The number of hydrogen-bond donors (Lipinski definition) is 0. The second-order valence-corrected chi connectivity index (χ2v) is 8.46. The number of fused-ring (bicyclic) bond motifs is 1. The minimum Gasteiger partial charge on any atom is -0.463 e. The first-order valence-corrected chi connectivity index (χ1v) is 11.1. The second-order valence-electron chi connectivity index (χ2n) is 7.16. The van der Waals surface area contributed by atoms with Gasteiger partial charge in [0, 0.05) is 20.8 Å². The van der Waals surface area contributed by atoms with Crippen LogP contribution in [-0.4, -0.2) is 62.3 Å². The van der Waals surface area contributed by atoms with Gasteiger partial charge >= 0.3 is 17.9 Å². The van der Waals surface area contributed by atoms with Crippen molar-refractivity contribution in [3.8, 4) is 10.7 Å². The van der Waals surface area contributed by atoms with Crippen LogP contribution in [0.15, 0.2) is 23.8 Å². The topological polar surface area (TPSA) is 132 Å². The Hall–Kier alpha value is -3.09. The standard InChI is InChI=1S/C20H19ClN4O7S/c1-9(26)29-7-12-15(30-10(2)27)16(31-11(3)28)20(32-12)25-8-22-14-17(21)23-18(24-19(14)25)13-5-4-6-33-13/h4-6,8,12,15-16,20H,7H2,1-3H3/t12-,15-,16-,20-/m1/s1. The highest BCUT2D eigenvalue weighted by atomic mass is 35.5. The number of carbonyl (C=O) groups is 3. The largest absolute Gasteiger partial charge is 0.463 e. The van der Waals surface area contributed by atoms with Gasteiger partial charge < -0.3 is 18.9 Å². The van der Waals surface area contributed by atoms with Crippen LogP contribution in [0.5, 0.6) is 0 Å². The summed E-state index contributed by atoms with van der Waals surface area (Å²) in [6.07, 6.45) is -2.58. The molecule has 0 amide bonds. The summed E-state index contributed by atoms with van der Waals surface area (Å²) in [6.45, 7) is 3.46. The lowest BCUT2D eigenvalue weighted by Gasteiger charge is -2.23. The van der Waals surface area contributed by atoms with Gasteiger partial charge in [0.2, 0.25) is 0 Å². The maximum absolute atomic E-state index is 11.9. The average molecular weight is 495 g/mol. The third-order valence-electron chi connectivity index (χ3n) is 4.74. The number of imidazole rings is 1. The molecular weight excluding hydrogens is 476 g/mol. The maximum Gasteiger partial charge on any atom is 0.303 e. The molecule has 3 aromatic heterocycles. The number of halogens is 1. The molecule has 33 heavy (non-hydrogen) atoms. The van der Waals surface area contributed by atoms with Crippen LogP contribution in [0, 0.1) is 0 Å². The number of aromatic nitrogens is 4. The number of hydrogen-bond acceptors (Lipinski definition) is 11. The molecule has 1 saturated heterocycles. The molecule has 4 rings (SSSR count). The molecule has 0 unspecified atom stereocenters. The number of rotatable bonds is 6. The first-order chi connectivity index (χ1) is 15.7. The van der Waals surface area contributed by atoms with Gasteiger partial charge in [-0.3, -0.25) is 19.0 Å². The highest BCUT2D eigenvalue weighted by molar-refractivity contribution is 7.13. The first kappa shape index (κ1) is 23.1. The Morgan fingerprint density at radius 3 is 2.48 bits per heavy atom. The van der Waals surface area contributed by atoms with E-state index >= 15 is 0 Å². The Morgan fingerprint density at radius 1 is 1.12 bits per heavy atom. The van der Waals surface area contributed by atoms with Crippen molar-refractivity contribution in [2.75, 3.05) is 6.61 Å². The van der Waals surface area contributed by atoms with Gasteiger partial charge in [-0.05, 0) is 11.4 Å². The zero-order valence-corrected chi connectivity index (χ0v) is 19.3. The van der Waals surface area contributed by atoms with Crippen molar-refractivity contribution in [3.05, 3.63) is 29.0 Å². The van der Waals surface area contributed by atoms with Crippen molar-refractivity contribution in [1.29, 1.82) is 0 Å². The lowest BCUT2D eigenvalue weighted by Crippen LogP contribution is -2.40. The fraction of sp³-hybridized carbons (Fsp3) is 0.400. The van der Waals surface area contributed by atoms with Crippen molar-refractivity contribution in [3.63, 3.8) is 0 Å². The van der Waals surface area contributed by atoms with E-state index in [1.807, 2.05) is 17.5 Å². The van der Waals surface area contributed by atoms with E-state index in [2.05, 4.69) is 15.0 Å². The second kappa shape index (κ2) is 9.41. The monoisotopic (exact) mass is 494 g/mol. The van der Waals surface area contributed by atoms with Gasteiger partial charge in [-0.2, -0.15) is 0 Å².